The van der Waals surface area contributed by atoms with E-state index in [1.54, 1.807) is 0 Å². The number of carbonyl (C=O) groups excluding carboxylic acids is 1. The van der Waals surface area contributed by atoms with Crippen LogP contribution in [0.25, 0.3) is 0 Å². The molecular weight excluding hydrogens is 276 g/mol. The van der Waals surface area contributed by atoms with Crippen LogP contribution in [-0.2, 0) is 4.79 Å². The maximum absolute atomic E-state index is 11.7. The molecule has 132 valence electrons. The molecule has 1 atom stereocenters. The molecule has 4 heteroatoms. The fourth-order valence-corrected chi connectivity index (χ4v) is 2.68. The van der Waals surface area contributed by atoms with E-state index >= 15 is 0 Å². The molecule has 1 unspecified atom stereocenters. The van der Waals surface area contributed by atoms with Gasteiger partial charge in [-0.05, 0) is 12.8 Å². The Hall–Kier alpha value is -0.610. The summed E-state index contributed by atoms with van der Waals surface area (Å²) in [5.74, 6) is 0.189. The zero-order valence-corrected chi connectivity index (χ0v) is 15.4. The molecule has 0 fully saturated rings. The van der Waals surface area contributed by atoms with Gasteiger partial charge in [-0.15, -0.1) is 0 Å². The predicted molar refractivity (Wildman–Crippen MR) is 93.8 cm³/mol. The summed E-state index contributed by atoms with van der Waals surface area (Å²) in [6.07, 6.45) is 9.53. The highest BCUT2D eigenvalue weighted by Crippen LogP contribution is 2.07. The Morgan fingerprint density at radius 2 is 1.68 bits per heavy atom. The van der Waals surface area contributed by atoms with Crippen LogP contribution < -0.4 is 5.32 Å². The number of nitrogens with one attached hydrogen (secondary N) is 1. The summed E-state index contributed by atoms with van der Waals surface area (Å²) in [4.78, 5) is 11.7. The van der Waals surface area contributed by atoms with Gasteiger partial charge in [0.1, 0.15) is 12.6 Å². The van der Waals surface area contributed by atoms with Crippen molar-refractivity contribution in [2.75, 3.05) is 33.7 Å². The standard InChI is InChI=1S/C18H38N2O2/c1-5-7-8-9-10-11-13-18(22)19-14-12-15-20(3,4)16-17(21)6-2/h17,21H,5-16H2,1-4H3/p+1. The molecule has 0 saturated carbocycles. The molecule has 4 nitrogen and oxygen atoms in total. The maximum atomic E-state index is 11.7. The predicted octanol–water partition coefficient (Wildman–Crippen LogP) is 3.09. The lowest BCUT2D eigenvalue weighted by atomic mass is 10.1. The molecule has 0 aliphatic carbocycles. The molecule has 2 N–H and O–H groups in total. The minimum atomic E-state index is -0.225. The average molecular weight is 316 g/mol. The fourth-order valence-electron chi connectivity index (χ4n) is 2.68. The quantitative estimate of drug-likeness (QED) is 0.382. The van der Waals surface area contributed by atoms with Crippen molar-refractivity contribution in [3.63, 3.8) is 0 Å². The number of likely N-dealkylation sites (N-methyl/N-ethyl adjacent to an activating group) is 1. The lowest BCUT2D eigenvalue weighted by molar-refractivity contribution is -0.893. The van der Waals surface area contributed by atoms with E-state index in [2.05, 4.69) is 26.3 Å². The summed E-state index contributed by atoms with van der Waals surface area (Å²) in [7, 11) is 4.27. The van der Waals surface area contributed by atoms with Crippen LogP contribution >= 0.6 is 0 Å². The second-order valence-corrected chi connectivity index (χ2v) is 7.13. The van der Waals surface area contributed by atoms with Gasteiger partial charge in [0.2, 0.25) is 5.91 Å². The Kier molecular flexibility index (Phi) is 12.5. The molecule has 1 amide bonds. The van der Waals surface area contributed by atoms with Crippen LogP contribution in [0.1, 0.15) is 71.6 Å². The van der Waals surface area contributed by atoms with E-state index in [1.165, 1.54) is 32.1 Å². The van der Waals surface area contributed by atoms with E-state index in [9.17, 15) is 9.90 Å². The van der Waals surface area contributed by atoms with Crippen molar-refractivity contribution in [3.8, 4) is 0 Å². The number of carbonyl (C=O) groups is 1. The molecule has 0 saturated heterocycles. The Bertz CT molecular complexity index is 280. The average Bonchev–Trinajstić information content (AvgIpc) is 2.46. The molecule has 0 spiro atoms. The van der Waals surface area contributed by atoms with Gasteiger partial charge in [-0.3, -0.25) is 4.79 Å². The smallest absolute Gasteiger partial charge is 0.219 e. The number of rotatable bonds is 14. The number of unbranched alkanes of at least 4 members (excludes halogenated alkanes) is 5. The maximum Gasteiger partial charge on any atom is 0.219 e. The van der Waals surface area contributed by atoms with Crippen LogP contribution in [0.5, 0.6) is 0 Å². The van der Waals surface area contributed by atoms with Gasteiger partial charge in [0.25, 0.3) is 0 Å². The SMILES string of the molecule is CCCCCCCCC(=O)NCCC[N+](C)(C)CC(O)CC. The number of hydrogen-bond donors (Lipinski definition) is 2. The number of quaternary nitrogens is 1. The zero-order valence-electron chi connectivity index (χ0n) is 15.4. The lowest BCUT2D eigenvalue weighted by Gasteiger charge is -2.31. The molecule has 22 heavy (non-hydrogen) atoms. The third-order valence-corrected chi connectivity index (χ3v) is 4.20. The second-order valence-electron chi connectivity index (χ2n) is 7.13. The van der Waals surface area contributed by atoms with Gasteiger partial charge in [-0.1, -0.05) is 46.0 Å². The number of hydrogen-bond acceptors (Lipinski definition) is 2. The van der Waals surface area contributed by atoms with E-state index in [4.69, 9.17) is 0 Å². The molecule has 0 aromatic rings. The summed E-state index contributed by atoms with van der Waals surface area (Å²) in [5, 5.41) is 12.7. The van der Waals surface area contributed by atoms with E-state index in [1.807, 2.05) is 6.92 Å². The van der Waals surface area contributed by atoms with Crippen molar-refractivity contribution in [2.45, 2.75) is 77.7 Å². The molecule has 0 bridgehead atoms. The fraction of sp³-hybridized carbons (Fsp3) is 0.944. The summed E-state index contributed by atoms with van der Waals surface area (Å²) in [6.45, 7) is 6.73. The van der Waals surface area contributed by atoms with Crippen molar-refractivity contribution >= 4 is 5.91 Å². The van der Waals surface area contributed by atoms with Crippen molar-refractivity contribution in [3.05, 3.63) is 0 Å². The minimum Gasteiger partial charge on any atom is -0.387 e. The van der Waals surface area contributed by atoms with Crippen LogP contribution in [0.3, 0.4) is 0 Å². The Labute approximate surface area is 137 Å². The number of amides is 1. The van der Waals surface area contributed by atoms with Crippen LogP contribution in [0.2, 0.25) is 0 Å². The lowest BCUT2D eigenvalue weighted by Crippen LogP contribution is -2.46. The van der Waals surface area contributed by atoms with Gasteiger partial charge in [0.05, 0.1) is 20.6 Å². The third-order valence-electron chi connectivity index (χ3n) is 4.20. The van der Waals surface area contributed by atoms with Crippen molar-refractivity contribution in [1.29, 1.82) is 0 Å². The van der Waals surface area contributed by atoms with E-state index in [0.29, 0.717) is 6.42 Å². The monoisotopic (exact) mass is 315 g/mol. The molecule has 0 aliphatic heterocycles. The number of aliphatic hydroxyl groups excluding tert-OH is 1. The van der Waals surface area contributed by atoms with E-state index in [0.717, 1.165) is 43.4 Å². The molecular formula is C18H39N2O2+. The van der Waals surface area contributed by atoms with Crippen LogP contribution in [0.15, 0.2) is 0 Å². The topological polar surface area (TPSA) is 49.3 Å². The molecule has 0 rings (SSSR count). The van der Waals surface area contributed by atoms with Gasteiger partial charge in [-0.25, -0.2) is 0 Å². The van der Waals surface area contributed by atoms with E-state index < -0.39 is 0 Å². The van der Waals surface area contributed by atoms with Gasteiger partial charge < -0.3 is 14.9 Å². The Morgan fingerprint density at radius 1 is 1.05 bits per heavy atom. The van der Waals surface area contributed by atoms with E-state index in [-0.39, 0.29) is 12.0 Å². The highest BCUT2D eigenvalue weighted by Gasteiger charge is 2.18. The second kappa shape index (κ2) is 12.9. The van der Waals surface area contributed by atoms with Crippen LogP contribution in [0, 0.1) is 0 Å². The first-order valence-corrected chi connectivity index (χ1v) is 9.18. The number of aliphatic hydroxyl groups is 1. The van der Waals surface area contributed by atoms with Crippen molar-refractivity contribution in [1.82, 2.24) is 5.32 Å². The van der Waals surface area contributed by atoms with Crippen LogP contribution in [0.4, 0.5) is 0 Å². The zero-order chi connectivity index (χ0) is 16.8. The van der Waals surface area contributed by atoms with Gasteiger partial charge in [-0.2, -0.15) is 0 Å². The number of nitrogens with zero attached hydrogens (tertiary/aromatic N) is 1. The normalized spacial score (nSPS) is 13.1. The largest absolute Gasteiger partial charge is 0.387 e. The molecule has 0 aliphatic rings. The van der Waals surface area contributed by atoms with Crippen molar-refractivity contribution in [2.24, 2.45) is 0 Å². The molecule has 0 heterocycles. The summed E-state index contributed by atoms with van der Waals surface area (Å²) >= 11 is 0. The van der Waals surface area contributed by atoms with Gasteiger partial charge in [0.15, 0.2) is 0 Å². The molecule has 0 radical (unpaired) electrons. The van der Waals surface area contributed by atoms with Gasteiger partial charge in [0, 0.05) is 19.4 Å². The first-order valence-electron chi connectivity index (χ1n) is 9.18. The first-order chi connectivity index (χ1) is 10.4. The summed E-state index contributed by atoms with van der Waals surface area (Å²) in [6, 6.07) is 0. The van der Waals surface area contributed by atoms with Gasteiger partial charge >= 0.3 is 0 Å². The Morgan fingerprint density at radius 3 is 2.32 bits per heavy atom. The minimum absolute atomic E-state index is 0.189. The van der Waals surface area contributed by atoms with Crippen molar-refractivity contribution < 1.29 is 14.4 Å². The molecule has 0 aromatic heterocycles. The molecule has 0 aromatic carbocycles. The highest BCUT2D eigenvalue weighted by atomic mass is 16.3. The Balaban J connectivity index is 3.55. The highest BCUT2D eigenvalue weighted by molar-refractivity contribution is 5.75. The van der Waals surface area contributed by atoms with Crippen LogP contribution in [-0.4, -0.2) is 55.3 Å². The first kappa shape index (κ1) is 21.4. The summed E-state index contributed by atoms with van der Waals surface area (Å²) in [5.41, 5.74) is 0. The third kappa shape index (κ3) is 13.1. The summed E-state index contributed by atoms with van der Waals surface area (Å²) < 4.78 is 0.808.